The second kappa shape index (κ2) is 9.12. The van der Waals surface area contributed by atoms with E-state index in [0.717, 1.165) is 23.3 Å². The molecule has 0 fully saturated rings. The second-order valence-electron chi connectivity index (χ2n) is 7.90. The summed E-state index contributed by atoms with van der Waals surface area (Å²) >= 11 is 0. The number of nitrogens with zero attached hydrogens (tertiary/aromatic N) is 2. The lowest BCUT2D eigenvalue weighted by Gasteiger charge is -2.20. The summed E-state index contributed by atoms with van der Waals surface area (Å²) in [5.74, 6) is -1.69. The number of benzene rings is 2. The Morgan fingerprint density at radius 2 is 1.81 bits per heavy atom. The van der Waals surface area contributed by atoms with Crippen LogP contribution in [0.15, 0.2) is 41.5 Å². The van der Waals surface area contributed by atoms with Crippen molar-refractivity contribution >= 4 is 28.9 Å². The maximum Gasteiger partial charge on any atom is 0.416 e. The lowest BCUT2D eigenvalue weighted by atomic mass is 9.95. The molecule has 0 aromatic heterocycles. The number of amides is 2. The Hall–Kier alpha value is -3.20. The van der Waals surface area contributed by atoms with Gasteiger partial charge in [0, 0.05) is 12.1 Å². The Morgan fingerprint density at radius 1 is 1.16 bits per heavy atom. The van der Waals surface area contributed by atoms with Gasteiger partial charge in [0.15, 0.2) is 0 Å². The van der Waals surface area contributed by atoms with Crippen LogP contribution in [-0.4, -0.2) is 24.1 Å². The van der Waals surface area contributed by atoms with Crippen LogP contribution in [0.1, 0.15) is 47.9 Å². The van der Waals surface area contributed by atoms with E-state index in [1.54, 1.807) is 19.1 Å². The van der Waals surface area contributed by atoms with E-state index in [0.29, 0.717) is 24.2 Å². The molecule has 1 aliphatic rings. The SMILES string of the molecule is C/C(=N/NC(=O)CCCN)C1C(=O)N(c2cc(C)cc(C)c2)c2cc(C(F)(F)F)ccc21. The first kappa shape index (κ1) is 23.5. The number of aryl methyl sites for hydroxylation is 2. The number of hydrazone groups is 1. The predicted octanol–water partition coefficient (Wildman–Crippen LogP) is 4.32. The number of hydrogen-bond acceptors (Lipinski definition) is 4. The number of carbonyl (C=O) groups excluding carboxylic acids is 2. The molecule has 0 saturated heterocycles. The van der Waals surface area contributed by atoms with Gasteiger partial charge in [-0.1, -0.05) is 12.1 Å². The fourth-order valence-electron chi connectivity index (χ4n) is 3.82. The minimum absolute atomic E-state index is 0.156. The van der Waals surface area contributed by atoms with Crippen molar-refractivity contribution in [3.63, 3.8) is 0 Å². The lowest BCUT2D eigenvalue weighted by molar-refractivity contribution is -0.137. The molecule has 0 bridgehead atoms. The van der Waals surface area contributed by atoms with Crippen molar-refractivity contribution in [1.29, 1.82) is 0 Å². The van der Waals surface area contributed by atoms with Crippen molar-refractivity contribution in [3.05, 3.63) is 58.7 Å². The summed E-state index contributed by atoms with van der Waals surface area (Å²) in [6, 6.07) is 8.66. The van der Waals surface area contributed by atoms with Gasteiger partial charge in [0.2, 0.25) is 11.8 Å². The van der Waals surface area contributed by atoms with Crippen molar-refractivity contribution in [1.82, 2.24) is 5.43 Å². The Labute approximate surface area is 184 Å². The topological polar surface area (TPSA) is 87.8 Å². The van der Waals surface area contributed by atoms with E-state index in [2.05, 4.69) is 10.5 Å². The van der Waals surface area contributed by atoms with Crippen LogP contribution in [0.2, 0.25) is 0 Å². The number of hydrogen-bond donors (Lipinski definition) is 2. The Balaban J connectivity index is 2.06. The molecule has 1 unspecified atom stereocenters. The molecule has 1 atom stereocenters. The summed E-state index contributed by atoms with van der Waals surface area (Å²) in [4.78, 5) is 26.6. The normalized spacial score (nSPS) is 16.3. The van der Waals surface area contributed by atoms with Crippen LogP contribution in [0.25, 0.3) is 0 Å². The summed E-state index contributed by atoms with van der Waals surface area (Å²) < 4.78 is 40.2. The summed E-state index contributed by atoms with van der Waals surface area (Å²) in [7, 11) is 0. The van der Waals surface area contributed by atoms with E-state index in [9.17, 15) is 22.8 Å². The summed E-state index contributed by atoms with van der Waals surface area (Å²) in [6.07, 6.45) is -3.87. The predicted molar refractivity (Wildman–Crippen MR) is 117 cm³/mol. The van der Waals surface area contributed by atoms with Gasteiger partial charge in [-0.25, -0.2) is 5.43 Å². The van der Waals surface area contributed by atoms with E-state index in [1.165, 1.54) is 11.0 Å². The van der Waals surface area contributed by atoms with E-state index in [1.807, 2.05) is 19.9 Å². The molecule has 2 aromatic rings. The van der Waals surface area contributed by atoms with Gasteiger partial charge in [-0.15, -0.1) is 0 Å². The molecule has 1 heterocycles. The molecule has 2 aromatic carbocycles. The van der Waals surface area contributed by atoms with Gasteiger partial charge in [-0.3, -0.25) is 14.5 Å². The van der Waals surface area contributed by atoms with Gasteiger partial charge in [-0.2, -0.15) is 18.3 Å². The molecule has 0 saturated carbocycles. The quantitative estimate of drug-likeness (QED) is 0.512. The third-order valence-electron chi connectivity index (χ3n) is 5.22. The number of alkyl halides is 3. The molecule has 0 spiro atoms. The minimum Gasteiger partial charge on any atom is -0.330 e. The first-order valence-corrected chi connectivity index (χ1v) is 10.2. The Bertz CT molecular complexity index is 1060. The maximum absolute atomic E-state index is 13.4. The third-order valence-corrected chi connectivity index (χ3v) is 5.22. The van der Waals surface area contributed by atoms with Crippen LogP contribution in [0.5, 0.6) is 0 Å². The summed E-state index contributed by atoms with van der Waals surface area (Å²) in [6.45, 7) is 5.63. The standard InChI is InChI=1S/C23H25F3N4O2/c1-13-9-14(2)11-17(10-13)30-19-12-16(23(24,25)26)6-7-18(19)21(22(30)32)15(3)28-29-20(31)5-4-8-27/h6-7,9-12,21H,4-5,8,27H2,1-3H3,(H,29,31)/b28-15-. The largest absolute Gasteiger partial charge is 0.416 e. The van der Waals surface area contributed by atoms with Crippen LogP contribution >= 0.6 is 0 Å². The number of fused-ring (bicyclic) bond motifs is 1. The van der Waals surface area contributed by atoms with Gasteiger partial charge in [0.1, 0.15) is 5.92 Å². The molecule has 170 valence electrons. The van der Waals surface area contributed by atoms with Gasteiger partial charge < -0.3 is 5.73 Å². The highest BCUT2D eigenvalue weighted by atomic mass is 19.4. The highest BCUT2D eigenvalue weighted by molar-refractivity contribution is 6.22. The van der Waals surface area contributed by atoms with Crippen LogP contribution in [0.4, 0.5) is 24.5 Å². The maximum atomic E-state index is 13.4. The Kier molecular flexibility index (Phi) is 6.68. The number of nitrogens with two attached hydrogens (primary N) is 1. The first-order chi connectivity index (χ1) is 15.0. The highest BCUT2D eigenvalue weighted by Gasteiger charge is 2.42. The molecule has 32 heavy (non-hydrogen) atoms. The molecular weight excluding hydrogens is 421 g/mol. The zero-order chi connectivity index (χ0) is 23.6. The highest BCUT2D eigenvalue weighted by Crippen LogP contribution is 2.45. The van der Waals surface area contributed by atoms with Crippen molar-refractivity contribution in [2.24, 2.45) is 10.8 Å². The molecule has 6 nitrogen and oxygen atoms in total. The number of halogens is 3. The monoisotopic (exact) mass is 446 g/mol. The van der Waals surface area contributed by atoms with Gasteiger partial charge >= 0.3 is 6.18 Å². The minimum atomic E-state index is -4.55. The number of carbonyl (C=O) groups is 2. The zero-order valence-corrected chi connectivity index (χ0v) is 18.1. The lowest BCUT2D eigenvalue weighted by Crippen LogP contribution is -2.29. The first-order valence-electron chi connectivity index (χ1n) is 10.2. The molecule has 1 aliphatic heterocycles. The molecule has 0 radical (unpaired) electrons. The van der Waals surface area contributed by atoms with Crippen molar-refractivity contribution < 1.29 is 22.8 Å². The zero-order valence-electron chi connectivity index (χ0n) is 18.1. The fourth-order valence-corrected chi connectivity index (χ4v) is 3.82. The van der Waals surface area contributed by atoms with Crippen LogP contribution < -0.4 is 16.1 Å². The summed E-state index contributed by atoms with van der Waals surface area (Å²) in [5, 5.41) is 4.05. The third kappa shape index (κ3) is 4.83. The number of nitrogens with one attached hydrogen (secondary N) is 1. The second-order valence-corrected chi connectivity index (χ2v) is 7.90. The van der Waals surface area contributed by atoms with E-state index in [-0.39, 0.29) is 23.7 Å². The number of anilines is 2. The average Bonchev–Trinajstić information content (AvgIpc) is 3.00. The number of rotatable bonds is 6. The van der Waals surface area contributed by atoms with Gasteiger partial charge in [-0.05, 0) is 74.7 Å². The smallest absolute Gasteiger partial charge is 0.330 e. The van der Waals surface area contributed by atoms with E-state index in [4.69, 9.17) is 5.73 Å². The average molecular weight is 446 g/mol. The molecule has 3 N–H and O–H groups in total. The van der Waals surface area contributed by atoms with Crippen LogP contribution in [0.3, 0.4) is 0 Å². The fraction of sp³-hybridized carbons (Fsp3) is 0.348. The molecule has 9 heteroatoms. The van der Waals surface area contributed by atoms with Crippen molar-refractivity contribution in [3.8, 4) is 0 Å². The van der Waals surface area contributed by atoms with Crippen LogP contribution in [0, 0.1) is 13.8 Å². The molecule has 3 rings (SSSR count). The van der Waals surface area contributed by atoms with Gasteiger partial charge in [0.05, 0.1) is 17.0 Å². The van der Waals surface area contributed by atoms with Crippen molar-refractivity contribution in [2.75, 3.05) is 11.4 Å². The van der Waals surface area contributed by atoms with E-state index < -0.39 is 23.6 Å². The van der Waals surface area contributed by atoms with E-state index >= 15 is 0 Å². The van der Waals surface area contributed by atoms with Crippen molar-refractivity contribution in [2.45, 2.75) is 45.7 Å². The summed E-state index contributed by atoms with van der Waals surface area (Å²) in [5.41, 5.74) is 10.0. The Morgan fingerprint density at radius 3 is 2.41 bits per heavy atom. The molecule has 2 amide bonds. The van der Waals surface area contributed by atoms with Crippen LogP contribution in [-0.2, 0) is 15.8 Å². The molecular formula is C23H25F3N4O2. The molecule has 0 aliphatic carbocycles. The van der Waals surface area contributed by atoms with Gasteiger partial charge in [0.25, 0.3) is 0 Å².